The summed E-state index contributed by atoms with van der Waals surface area (Å²) >= 11 is 1.18. The van der Waals surface area contributed by atoms with E-state index in [1.165, 1.54) is 31.1 Å². The lowest BCUT2D eigenvalue weighted by atomic mass is 10.2. The van der Waals surface area contributed by atoms with Gasteiger partial charge in [-0.1, -0.05) is 11.8 Å². The number of aromatic nitrogens is 1. The van der Waals surface area contributed by atoms with Crippen LogP contribution in [0.3, 0.4) is 0 Å². The molecule has 0 saturated carbocycles. The average molecular weight is 283 g/mol. The zero-order valence-corrected chi connectivity index (χ0v) is 11.9. The molecule has 1 heterocycles. The minimum Gasteiger partial charge on any atom is -0.465 e. The van der Waals surface area contributed by atoms with Crippen LogP contribution in [0.15, 0.2) is 17.3 Å². The van der Waals surface area contributed by atoms with Crippen molar-refractivity contribution in [1.29, 1.82) is 0 Å². The predicted octanol–water partition coefficient (Wildman–Crippen LogP) is 1.07. The van der Waals surface area contributed by atoms with Crippen LogP contribution in [-0.2, 0) is 9.53 Å². The number of carbonyl (C=O) groups is 2. The number of methoxy groups -OCH3 is 1. The second kappa shape index (κ2) is 6.98. The Bertz CT molecular complexity index is 477. The number of nitrogens with zero attached hydrogens (tertiary/aromatic N) is 1. The van der Waals surface area contributed by atoms with Gasteiger partial charge in [0.1, 0.15) is 5.03 Å². The molecule has 0 spiro atoms. The van der Waals surface area contributed by atoms with Gasteiger partial charge in [-0.3, -0.25) is 4.79 Å². The van der Waals surface area contributed by atoms with Crippen LogP contribution < -0.4 is 11.1 Å². The van der Waals surface area contributed by atoms with E-state index in [9.17, 15) is 9.59 Å². The van der Waals surface area contributed by atoms with E-state index in [0.717, 1.165) is 0 Å². The summed E-state index contributed by atoms with van der Waals surface area (Å²) in [5.74, 6) is -0.432. The van der Waals surface area contributed by atoms with Crippen molar-refractivity contribution in [3.8, 4) is 0 Å². The number of nitrogens with one attached hydrogen (secondary N) is 1. The topological polar surface area (TPSA) is 94.3 Å². The third kappa shape index (κ3) is 4.44. The molecule has 0 aromatic carbocycles. The smallest absolute Gasteiger partial charge is 0.340 e. The Kier molecular flexibility index (Phi) is 5.62. The number of anilines is 1. The van der Waals surface area contributed by atoms with Gasteiger partial charge in [-0.25, -0.2) is 9.78 Å². The summed E-state index contributed by atoms with van der Waals surface area (Å²) in [6.45, 7) is 3.76. The highest BCUT2D eigenvalue weighted by atomic mass is 32.2. The van der Waals surface area contributed by atoms with Gasteiger partial charge in [0.05, 0.1) is 24.1 Å². The molecule has 0 aliphatic carbocycles. The summed E-state index contributed by atoms with van der Waals surface area (Å²) in [5, 5.41) is 3.21. The van der Waals surface area contributed by atoms with Gasteiger partial charge in [0.2, 0.25) is 5.91 Å². The van der Waals surface area contributed by atoms with Crippen LogP contribution in [0.2, 0.25) is 0 Å². The number of rotatable bonds is 5. The maximum atomic E-state index is 11.5. The van der Waals surface area contributed by atoms with E-state index in [0.29, 0.717) is 5.03 Å². The largest absolute Gasteiger partial charge is 0.465 e. The highest BCUT2D eigenvalue weighted by Gasteiger charge is 2.15. The van der Waals surface area contributed by atoms with Crippen LogP contribution in [0.4, 0.5) is 5.69 Å². The predicted molar refractivity (Wildman–Crippen MR) is 74.0 cm³/mol. The van der Waals surface area contributed by atoms with Crippen LogP contribution in [0.5, 0.6) is 0 Å². The molecule has 0 radical (unpaired) electrons. The molecule has 19 heavy (non-hydrogen) atoms. The summed E-state index contributed by atoms with van der Waals surface area (Å²) in [5.41, 5.74) is 6.32. The van der Waals surface area contributed by atoms with Crippen molar-refractivity contribution in [2.75, 3.05) is 18.6 Å². The zero-order valence-electron chi connectivity index (χ0n) is 11.1. The molecule has 0 atom stereocenters. The molecule has 0 aliphatic heterocycles. The molecule has 1 amide bonds. The molecule has 1 rings (SSSR count). The number of amides is 1. The first-order chi connectivity index (χ1) is 8.95. The highest BCUT2D eigenvalue weighted by Crippen LogP contribution is 2.25. The molecular weight excluding hydrogens is 266 g/mol. The lowest BCUT2D eigenvalue weighted by Gasteiger charge is -2.10. The molecule has 6 nitrogen and oxygen atoms in total. The van der Waals surface area contributed by atoms with Crippen molar-refractivity contribution in [2.24, 2.45) is 0 Å². The van der Waals surface area contributed by atoms with E-state index in [4.69, 9.17) is 5.73 Å². The lowest BCUT2D eigenvalue weighted by Crippen LogP contribution is -2.31. The summed E-state index contributed by atoms with van der Waals surface area (Å²) in [7, 11) is 1.28. The second-order valence-electron chi connectivity index (χ2n) is 4.08. The number of hydrogen-bond donors (Lipinski definition) is 2. The third-order valence-corrected chi connectivity index (χ3v) is 3.15. The van der Waals surface area contributed by atoms with Crippen molar-refractivity contribution in [2.45, 2.75) is 24.9 Å². The van der Waals surface area contributed by atoms with Gasteiger partial charge in [0, 0.05) is 12.2 Å². The number of carbonyl (C=O) groups excluding carboxylic acids is 2. The van der Waals surface area contributed by atoms with Crippen LogP contribution >= 0.6 is 11.8 Å². The first-order valence-corrected chi connectivity index (χ1v) is 6.69. The first-order valence-electron chi connectivity index (χ1n) is 5.70. The van der Waals surface area contributed by atoms with Gasteiger partial charge in [0.25, 0.3) is 0 Å². The zero-order chi connectivity index (χ0) is 14.4. The van der Waals surface area contributed by atoms with E-state index >= 15 is 0 Å². The second-order valence-corrected chi connectivity index (χ2v) is 5.04. The number of pyridine rings is 1. The van der Waals surface area contributed by atoms with Gasteiger partial charge >= 0.3 is 5.97 Å². The number of hydrogen-bond acceptors (Lipinski definition) is 6. The third-order valence-electron chi connectivity index (χ3n) is 2.15. The molecule has 1 aromatic heterocycles. The van der Waals surface area contributed by atoms with E-state index in [2.05, 4.69) is 15.0 Å². The fraction of sp³-hybridized carbons (Fsp3) is 0.417. The van der Waals surface area contributed by atoms with Gasteiger partial charge in [-0.15, -0.1) is 0 Å². The summed E-state index contributed by atoms with van der Waals surface area (Å²) < 4.78 is 4.62. The van der Waals surface area contributed by atoms with Crippen molar-refractivity contribution < 1.29 is 14.3 Å². The molecule has 1 aromatic rings. The Hall–Kier alpha value is -1.76. The Morgan fingerprint density at radius 1 is 1.53 bits per heavy atom. The van der Waals surface area contributed by atoms with E-state index < -0.39 is 5.97 Å². The summed E-state index contributed by atoms with van der Waals surface area (Å²) in [6.07, 6.45) is 1.46. The van der Waals surface area contributed by atoms with Crippen molar-refractivity contribution >= 4 is 29.3 Å². The van der Waals surface area contributed by atoms with Crippen LogP contribution in [0.25, 0.3) is 0 Å². The van der Waals surface area contributed by atoms with Crippen molar-refractivity contribution in [3.63, 3.8) is 0 Å². The summed E-state index contributed by atoms with van der Waals surface area (Å²) in [4.78, 5) is 27.0. The lowest BCUT2D eigenvalue weighted by molar-refractivity contribution is -0.119. The van der Waals surface area contributed by atoms with Crippen molar-refractivity contribution in [3.05, 3.63) is 17.8 Å². The molecule has 7 heteroatoms. The molecule has 0 aliphatic rings. The molecule has 3 N–H and O–H groups in total. The SMILES string of the molecule is COC(=O)c1ccnc(SCC(=O)NC(C)C)c1N. The average Bonchev–Trinajstić information content (AvgIpc) is 2.36. The molecule has 0 saturated heterocycles. The number of ether oxygens (including phenoxy) is 1. The molecule has 0 bridgehead atoms. The Balaban J connectivity index is 2.74. The Morgan fingerprint density at radius 3 is 2.79 bits per heavy atom. The molecule has 0 unspecified atom stereocenters. The van der Waals surface area contributed by atoms with Gasteiger partial charge in [-0.05, 0) is 19.9 Å². The van der Waals surface area contributed by atoms with E-state index in [-0.39, 0.29) is 29.0 Å². The number of thioether (sulfide) groups is 1. The number of esters is 1. The van der Waals surface area contributed by atoms with Crippen LogP contribution in [0, 0.1) is 0 Å². The maximum Gasteiger partial charge on any atom is 0.340 e. The van der Waals surface area contributed by atoms with Gasteiger partial charge < -0.3 is 15.8 Å². The van der Waals surface area contributed by atoms with Crippen LogP contribution in [-0.4, -0.2) is 35.8 Å². The Morgan fingerprint density at radius 2 is 2.21 bits per heavy atom. The fourth-order valence-electron chi connectivity index (χ4n) is 1.35. The van der Waals surface area contributed by atoms with Crippen LogP contribution in [0.1, 0.15) is 24.2 Å². The number of nitrogen functional groups attached to an aromatic ring is 1. The minimum absolute atomic E-state index is 0.0832. The van der Waals surface area contributed by atoms with Gasteiger partial charge in [-0.2, -0.15) is 0 Å². The minimum atomic E-state index is -0.520. The van der Waals surface area contributed by atoms with E-state index in [1.807, 2.05) is 13.8 Å². The normalized spacial score (nSPS) is 10.3. The quantitative estimate of drug-likeness (QED) is 0.620. The summed E-state index contributed by atoms with van der Waals surface area (Å²) in [6, 6.07) is 1.57. The molecule has 104 valence electrons. The van der Waals surface area contributed by atoms with Crippen molar-refractivity contribution in [1.82, 2.24) is 10.3 Å². The molecular formula is C12H17N3O3S. The highest BCUT2D eigenvalue weighted by molar-refractivity contribution is 8.00. The van der Waals surface area contributed by atoms with E-state index in [1.54, 1.807) is 0 Å². The monoisotopic (exact) mass is 283 g/mol. The number of nitrogens with two attached hydrogens (primary N) is 1. The standard InChI is InChI=1S/C12H17N3O3S/c1-7(2)15-9(16)6-19-11-10(13)8(4-5-14-11)12(17)18-3/h4-5,7H,6,13H2,1-3H3,(H,15,16). The maximum absolute atomic E-state index is 11.5. The van der Waals surface area contributed by atoms with Gasteiger partial charge in [0.15, 0.2) is 0 Å². The molecule has 0 fully saturated rings. The fourth-order valence-corrected chi connectivity index (χ4v) is 2.11. The Labute approximate surface area is 116 Å². The first kappa shape index (κ1) is 15.3.